The van der Waals surface area contributed by atoms with Crippen LogP contribution in [0.4, 0.5) is 0 Å². The molecule has 0 amide bonds. The monoisotopic (exact) mass is 195 g/mol. The molecular weight excluding hydrogens is 178 g/mol. The van der Waals surface area contributed by atoms with Crippen molar-refractivity contribution in [3.8, 4) is 11.5 Å². The van der Waals surface area contributed by atoms with Crippen molar-refractivity contribution in [2.24, 2.45) is 5.73 Å². The zero-order valence-electron chi connectivity index (χ0n) is 8.69. The fraction of sp³-hybridized carbons (Fsp3) is 0.455. The van der Waals surface area contributed by atoms with Gasteiger partial charge in [0.25, 0.3) is 0 Å². The molecule has 0 aliphatic carbocycles. The van der Waals surface area contributed by atoms with Crippen LogP contribution in [0.1, 0.15) is 20.3 Å². The second kappa shape index (κ2) is 5.50. The lowest BCUT2D eigenvalue weighted by atomic mass is 10.3. The number of hydrogen-bond donors (Lipinski definition) is 1. The van der Waals surface area contributed by atoms with Crippen molar-refractivity contribution in [3.05, 3.63) is 24.3 Å². The molecule has 1 unspecified atom stereocenters. The van der Waals surface area contributed by atoms with Crippen LogP contribution in [0.2, 0.25) is 0 Å². The topological polar surface area (TPSA) is 44.5 Å². The van der Waals surface area contributed by atoms with E-state index in [1.807, 2.05) is 38.1 Å². The van der Waals surface area contributed by atoms with Gasteiger partial charge < -0.3 is 9.47 Å². The van der Waals surface area contributed by atoms with E-state index in [9.17, 15) is 0 Å². The van der Waals surface area contributed by atoms with Crippen molar-refractivity contribution < 1.29 is 9.47 Å². The molecule has 3 nitrogen and oxygen atoms in total. The number of ether oxygens (including phenoxy) is 2. The quantitative estimate of drug-likeness (QED) is 0.732. The van der Waals surface area contributed by atoms with E-state index in [2.05, 4.69) is 0 Å². The molecule has 0 radical (unpaired) electrons. The molecule has 0 saturated heterocycles. The lowest BCUT2D eigenvalue weighted by Crippen LogP contribution is -2.25. The Bertz CT molecular complexity index is 276. The van der Waals surface area contributed by atoms with Gasteiger partial charge in [-0.2, -0.15) is 0 Å². The fourth-order valence-corrected chi connectivity index (χ4v) is 1.06. The van der Waals surface area contributed by atoms with Gasteiger partial charge in [0.15, 0.2) is 0 Å². The lowest BCUT2D eigenvalue weighted by molar-refractivity contribution is 0.204. The number of nitrogens with two attached hydrogens (primary N) is 1. The van der Waals surface area contributed by atoms with Crippen molar-refractivity contribution >= 4 is 0 Å². The van der Waals surface area contributed by atoms with Crippen LogP contribution in [0.15, 0.2) is 24.3 Å². The van der Waals surface area contributed by atoms with Gasteiger partial charge in [-0.25, -0.2) is 0 Å². The highest BCUT2D eigenvalue weighted by Gasteiger charge is 2.01. The molecule has 0 saturated carbocycles. The summed E-state index contributed by atoms with van der Waals surface area (Å²) >= 11 is 0. The molecule has 1 aromatic carbocycles. The Kier molecular flexibility index (Phi) is 4.26. The van der Waals surface area contributed by atoms with Crippen LogP contribution in [-0.4, -0.2) is 12.8 Å². The predicted molar refractivity (Wildman–Crippen MR) is 56.5 cm³/mol. The minimum absolute atomic E-state index is 0.244. The van der Waals surface area contributed by atoms with E-state index in [1.54, 1.807) is 0 Å². The van der Waals surface area contributed by atoms with Gasteiger partial charge in [-0.15, -0.1) is 0 Å². The highest BCUT2D eigenvalue weighted by Crippen LogP contribution is 2.20. The highest BCUT2D eigenvalue weighted by atomic mass is 16.5. The van der Waals surface area contributed by atoms with Gasteiger partial charge in [0.1, 0.15) is 17.7 Å². The van der Waals surface area contributed by atoms with Crippen molar-refractivity contribution in [2.45, 2.75) is 26.5 Å². The third-order valence-corrected chi connectivity index (χ3v) is 1.81. The van der Waals surface area contributed by atoms with Crippen molar-refractivity contribution in [1.82, 2.24) is 0 Å². The lowest BCUT2D eigenvalue weighted by Gasteiger charge is -2.13. The van der Waals surface area contributed by atoms with Crippen molar-refractivity contribution in [3.63, 3.8) is 0 Å². The Morgan fingerprint density at radius 2 is 2.00 bits per heavy atom. The van der Waals surface area contributed by atoms with E-state index in [-0.39, 0.29) is 6.23 Å². The molecule has 1 aromatic rings. The summed E-state index contributed by atoms with van der Waals surface area (Å²) in [4.78, 5) is 0. The van der Waals surface area contributed by atoms with Crippen LogP contribution < -0.4 is 15.2 Å². The van der Waals surface area contributed by atoms with Crippen LogP contribution in [0.25, 0.3) is 0 Å². The summed E-state index contributed by atoms with van der Waals surface area (Å²) < 4.78 is 10.8. The van der Waals surface area contributed by atoms with Gasteiger partial charge in [0, 0.05) is 6.07 Å². The molecule has 0 fully saturated rings. The van der Waals surface area contributed by atoms with Crippen molar-refractivity contribution in [1.29, 1.82) is 0 Å². The Labute approximate surface area is 84.8 Å². The molecular formula is C11H17NO2. The fourth-order valence-electron chi connectivity index (χ4n) is 1.06. The van der Waals surface area contributed by atoms with Crippen molar-refractivity contribution in [2.75, 3.05) is 6.61 Å². The maximum Gasteiger partial charge on any atom is 0.147 e. The van der Waals surface area contributed by atoms with Crippen LogP contribution in [-0.2, 0) is 0 Å². The Morgan fingerprint density at radius 1 is 1.29 bits per heavy atom. The van der Waals surface area contributed by atoms with E-state index >= 15 is 0 Å². The van der Waals surface area contributed by atoms with Crippen LogP contribution in [0, 0.1) is 0 Å². The van der Waals surface area contributed by atoms with E-state index in [1.165, 1.54) is 0 Å². The largest absolute Gasteiger partial charge is 0.494 e. The number of hydrogen-bond acceptors (Lipinski definition) is 3. The second-order valence-electron chi connectivity index (χ2n) is 2.97. The predicted octanol–water partition coefficient (Wildman–Crippen LogP) is 2.16. The van der Waals surface area contributed by atoms with Gasteiger partial charge in [-0.1, -0.05) is 13.0 Å². The normalized spacial score (nSPS) is 12.2. The summed E-state index contributed by atoms with van der Waals surface area (Å²) in [6, 6.07) is 7.51. The van der Waals surface area contributed by atoms with E-state index in [4.69, 9.17) is 15.2 Å². The molecule has 0 spiro atoms. The molecule has 0 bridgehead atoms. The molecule has 2 N–H and O–H groups in total. The average molecular weight is 195 g/mol. The molecule has 78 valence electrons. The molecule has 1 atom stereocenters. The molecule has 3 heteroatoms. The maximum absolute atomic E-state index is 5.67. The molecule has 0 heterocycles. The first-order valence-electron chi connectivity index (χ1n) is 4.91. The molecule has 1 rings (SSSR count). The van der Waals surface area contributed by atoms with E-state index in [0.717, 1.165) is 17.9 Å². The van der Waals surface area contributed by atoms with Crippen LogP contribution in [0.3, 0.4) is 0 Å². The molecule has 0 aliphatic heterocycles. The van der Waals surface area contributed by atoms with Gasteiger partial charge in [-0.05, 0) is 25.5 Å². The first-order valence-corrected chi connectivity index (χ1v) is 4.91. The zero-order chi connectivity index (χ0) is 10.4. The maximum atomic E-state index is 5.67. The SMILES string of the molecule is CCOc1cccc(OC(N)CC)c1. The van der Waals surface area contributed by atoms with Gasteiger partial charge in [0.2, 0.25) is 0 Å². The number of rotatable bonds is 5. The zero-order valence-corrected chi connectivity index (χ0v) is 8.69. The number of benzene rings is 1. The Balaban J connectivity index is 2.63. The highest BCUT2D eigenvalue weighted by molar-refractivity contribution is 5.32. The minimum Gasteiger partial charge on any atom is -0.494 e. The average Bonchev–Trinajstić information content (AvgIpc) is 2.19. The minimum atomic E-state index is -0.244. The molecule has 0 aromatic heterocycles. The summed E-state index contributed by atoms with van der Waals surface area (Å²) in [5.74, 6) is 1.57. The third kappa shape index (κ3) is 3.26. The molecule has 0 aliphatic rings. The van der Waals surface area contributed by atoms with E-state index < -0.39 is 0 Å². The first kappa shape index (κ1) is 10.9. The Hall–Kier alpha value is -1.22. The summed E-state index contributed by atoms with van der Waals surface area (Å²) in [5, 5.41) is 0. The third-order valence-electron chi connectivity index (χ3n) is 1.81. The summed E-state index contributed by atoms with van der Waals surface area (Å²) in [6.45, 7) is 4.59. The Morgan fingerprint density at radius 3 is 2.64 bits per heavy atom. The van der Waals surface area contributed by atoms with Gasteiger partial charge in [0.05, 0.1) is 6.61 Å². The summed E-state index contributed by atoms with van der Waals surface area (Å²) in [7, 11) is 0. The van der Waals surface area contributed by atoms with Gasteiger partial charge >= 0.3 is 0 Å². The summed E-state index contributed by atoms with van der Waals surface area (Å²) in [5.41, 5.74) is 5.67. The first-order chi connectivity index (χ1) is 6.76. The smallest absolute Gasteiger partial charge is 0.147 e. The van der Waals surface area contributed by atoms with Gasteiger partial charge in [-0.3, -0.25) is 5.73 Å². The molecule has 14 heavy (non-hydrogen) atoms. The standard InChI is InChI=1S/C11H17NO2/c1-3-11(12)14-10-7-5-6-9(8-10)13-4-2/h5-8,11H,3-4,12H2,1-2H3. The van der Waals surface area contributed by atoms with Crippen LogP contribution >= 0.6 is 0 Å². The second-order valence-corrected chi connectivity index (χ2v) is 2.97. The van der Waals surface area contributed by atoms with Crippen LogP contribution in [0.5, 0.6) is 11.5 Å². The van der Waals surface area contributed by atoms with E-state index in [0.29, 0.717) is 6.61 Å². The summed E-state index contributed by atoms with van der Waals surface area (Å²) in [6.07, 6.45) is 0.547.